The average molecular weight is 600 g/mol. The van der Waals surface area contributed by atoms with Crippen LogP contribution in [-0.4, -0.2) is 60.9 Å². The van der Waals surface area contributed by atoms with Crippen molar-refractivity contribution >= 4 is 41.8 Å². The molecule has 0 aliphatic carbocycles. The van der Waals surface area contributed by atoms with Crippen molar-refractivity contribution in [2.24, 2.45) is 32.6 Å². The maximum Gasteiger partial charge on any atom is 0.300 e. The largest absolute Gasteiger partial charge is 0.481 e. The van der Waals surface area contributed by atoms with Crippen molar-refractivity contribution in [1.29, 1.82) is 0 Å². The van der Waals surface area contributed by atoms with Gasteiger partial charge in [-0.1, -0.05) is 24.3 Å². The smallest absolute Gasteiger partial charge is 0.300 e. The third-order valence-corrected chi connectivity index (χ3v) is 3.30. The number of carboxylic acid groups (broad SMARTS) is 1. The number of carbonyl (C=O) groups is 2. The molecule has 0 spiro atoms. The zero-order valence-corrected chi connectivity index (χ0v) is 21.2. The molecule has 0 bridgehead atoms. The number of hydrogen-bond donors (Lipinski definition) is 6. The van der Waals surface area contributed by atoms with Crippen molar-refractivity contribution in [1.82, 2.24) is 10.9 Å². The summed E-state index contributed by atoms with van der Waals surface area (Å²) in [5, 5.41) is 54.5. The fourth-order valence-corrected chi connectivity index (χ4v) is 1.91. The summed E-state index contributed by atoms with van der Waals surface area (Å²) in [5.74, 6) is 2.82. The van der Waals surface area contributed by atoms with Crippen molar-refractivity contribution in [2.45, 2.75) is 6.92 Å². The van der Waals surface area contributed by atoms with Crippen LogP contribution in [0.5, 0.6) is 0 Å². The molecule has 2 aromatic rings. The number of guanidine groups is 2. The number of nitro groups is 4. The lowest BCUT2D eigenvalue weighted by Crippen LogP contribution is -2.37. The minimum Gasteiger partial charge on any atom is -0.481 e. The van der Waals surface area contributed by atoms with E-state index in [4.69, 9.17) is 21.4 Å². The summed E-state index contributed by atoms with van der Waals surface area (Å²) >= 11 is 0. The number of hydrazone groups is 3. The van der Waals surface area contributed by atoms with Gasteiger partial charge in [0.1, 0.15) is 10.2 Å². The fourth-order valence-electron chi connectivity index (χ4n) is 1.91. The molecular formula is C18H24N12O12. The molecule has 0 radical (unpaired) electrons. The maximum atomic E-state index is 10.7. The van der Waals surface area contributed by atoms with E-state index in [0.717, 1.165) is 13.1 Å². The molecule has 24 nitrogen and oxygen atoms in total. The Morgan fingerprint density at radius 1 is 0.833 bits per heavy atom. The number of benzene rings is 2. The molecule has 11 N–H and O–H groups in total. The second kappa shape index (κ2) is 22.3. The summed E-state index contributed by atoms with van der Waals surface area (Å²) in [5.41, 5.74) is 13.7. The lowest BCUT2D eigenvalue weighted by Gasteiger charge is -1.96. The number of nitrogens with two attached hydrogens (primary N) is 3. The first kappa shape index (κ1) is 39.8. The van der Waals surface area contributed by atoms with E-state index in [1.165, 1.54) is 36.4 Å². The summed E-state index contributed by atoms with van der Waals surface area (Å²) in [6, 6.07) is 11.7. The predicted molar refractivity (Wildman–Crippen MR) is 144 cm³/mol. The zero-order valence-electron chi connectivity index (χ0n) is 21.2. The van der Waals surface area contributed by atoms with Crippen LogP contribution in [-0.2, 0) is 4.79 Å². The van der Waals surface area contributed by atoms with E-state index in [1.807, 2.05) is 0 Å². The van der Waals surface area contributed by atoms with E-state index >= 15 is 0 Å². The van der Waals surface area contributed by atoms with Crippen molar-refractivity contribution in [3.63, 3.8) is 0 Å². The van der Waals surface area contributed by atoms with Crippen molar-refractivity contribution < 1.29 is 40.1 Å². The zero-order chi connectivity index (χ0) is 32.0. The van der Waals surface area contributed by atoms with Crippen molar-refractivity contribution in [3.8, 4) is 0 Å². The highest BCUT2D eigenvalue weighted by Gasteiger charge is 2.10. The monoisotopic (exact) mass is 600 g/mol. The Kier molecular flexibility index (Phi) is 21.1. The number of hydrogen-bond acceptors (Lipinski definition) is 12. The van der Waals surface area contributed by atoms with Gasteiger partial charge in [-0.05, 0) is 12.1 Å². The predicted octanol–water partition coefficient (Wildman–Crippen LogP) is -1.35. The highest BCUT2D eigenvalue weighted by Crippen LogP contribution is 2.15. The quantitative estimate of drug-likeness (QED) is 0.0534. The molecule has 0 heterocycles. The first-order valence-corrected chi connectivity index (χ1v) is 10.00. The second-order valence-corrected chi connectivity index (χ2v) is 6.23. The standard InChI is InChI=1S/C8H8N6O4.C7H5NO3.C2H4O2.CH5N5O2.H2O/c9-8(12-14(17)18)11-10-5-6-3-1-2-4-7(6)13(15)16;9-5-6-3-1-2-4-7(6)8(10)11;1-2(3)4;2-1(4-3)5-6(7)8;/h1-5H,(H3,9,11,12);1-5H;1H3,(H,3,4);3H2,(H3,2,4,5);1H2/b10-5+;;;;. The van der Waals surface area contributed by atoms with Gasteiger partial charge >= 0.3 is 0 Å². The molecule has 228 valence electrons. The molecular weight excluding hydrogens is 576 g/mol. The van der Waals surface area contributed by atoms with Crippen LogP contribution in [0.1, 0.15) is 22.8 Å². The van der Waals surface area contributed by atoms with Crippen LogP contribution in [0.3, 0.4) is 0 Å². The topological polar surface area (TPSA) is 398 Å². The van der Waals surface area contributed by atoms with Gasteiger partial charge in [0, 0.05) is 19.1 Å². The maximum absolute atomic E-state index is 10.7. The third-order valence-electron chi connectivity index (χ3n) is 3.30. The summed E-state index contributed by atoms with van der Waals surface area (Å²) in [4.78, 5) is 58.3. The van der Waals surface area contributed by atoms with Gasteiger partial charge in [0.25, 0.3) is 29.3 Å². The molecule has 0 unspecified atom stereocenters. The number of nitrogens with one attached hydrogen (secondary N) is 2. The van der Waals surface area contributed by atoms with Crippen LogP contribution in [0.4, 0.5) is 11.4 Å². The van der Waals surface area contributed by atoms with Crippen LogP contribution >= 0.6 is 0 Å². The van der Waals surface area contributed by atoms with E-state index in [1.54, 1.807) is 17.6 Å². The van der Waals surface area contributed by atoms with Gasteiger partial charge in [-0.2, -0.15) is 5.10 Å². The van der Waals surface area contributed by atoms with Crippen LogP contribution in [0, 0.1) is 40.5 Å². The summed E-state index contributed by atoms with van der Waals surface area (Å²) in [7, 11) is 0. The number of nitro benzene ring substituents is 2. The summed E-state index contributed by atoms with van der Waals surface area (Å²) < 4.78 is 0. The van der Waals surface area contributed by atoms with Crippen LogP contribution in [0.15, 0.2) is 63.8 Å². The Balaban J connectivity index is -0.000000542. The highest BCUT2D eigenvalue weighted by molar-refractivity contribution is 5.86. The van der Waals surface area contributed by atoms with Gasteiger partial charge in [-0.25, -0.2) is 31.5 Å². The minimum absolute atomic E-state index is 0. The molecule has 0 fully saturated rings. The molecule has 2 aromatic carbocycles. The van der Waals surface area contributed by atoms with E-state index in [2.05, 4.69) is 26.6 Å². The van der Waals surface area contributed by atoms with Crippen LogP contribution in [0.2, 0.25) is 0 Å². The van der Waals surface area contributed by atoms with Crippen LogP contribution in [0.25, 0.3) is 0 Å². The first-order chi connectivity index (χ1) is 19.2. The van der Waals surface area contributed by atoms with Gasteiger partial charge < -0.3 is 22.1 Å². The molecule has 0 saturated heterocycles. The molecule has 0 aliphatic heterocycles. The van der Waals surface area contributed by atoms with Gasteiger partial charge in [0.2, 0.25) is 0 Å². The Hall–Kier alpha value is -6.69. The third kappa shape index (κ3) is 20.4. The normalized spacial score (nSPS) is 9.95. The highest BCUT2D eigenvalue weighted by atomic mass is 16.7. The Morgan fingerprint density at radius 2 is 1.21 bits per heavy atom. The van der Waals surface area contributed by atoms with E-state index in [-0.39, 0.29) is 28.0 Å². The lowest BCUT2D eigenvalue weighted by molar-refractivity contribution is -0.485. The molecule has 0 atom stereocenters. The molecule has 0 aromatic heterocycles. The second-order valence-electron chi connectivity index (χ2n) is 6.23. The number of nitrogens with zero attached hydrogens (tertiary/aromatic N) is 7. The van der Waals surface area contributed by atoms with Gasteiger partial charge in [-0.15, -0.1) is 0 Å². The van der Waals surface area contributed by atoms with Crippen LogP contribution < -0.4 is 28.2 Å². The number of hydrazine groups is 1. The number of carboxylic acids is 1. The fraction of sp³-hybridized carbons (Fsp3) is 0.0556. The lowest BCUT2D eigenvalue weighted by atomic mass is 10.2. The number of aldehydes is 1. The van der Waals surface area contributed by atoms with E-state index in [0.29, 0.717) is 6.29 Å². The average Bonchev–Trinajstić information content (AvgIpc) is 2.88. The van der Waals surface area contributed by atoms with Gasteiger partial charge in [0.05, 0.1) is 27.2 Å². The van der Waals surface area contributed by atoms with Gasteiger partial charge in [-0.3, -0.25) is 35.2 Å². The van der Waals surface area contributed by atoms with E-state index in [9.17, 15) is 45.3 Å². The Bertz CT molecular complexity index is 1310. The first-order valence-electron chi connectivity index (χ1n) is 10.00. The number of carbonyl (C=O) groups excluding carboxylic acids is 1. The molecule has 2 rings (SSSR count). The summed E-state index contributed by atoms with van der Waals surface area (Å²) in [6.45, 7) is 1.08. The Morgan fingerprint density at radius 3 is 1.55 bits per heavy atom. The Labute approximate surface area is 233 Å². The number of aliphatic carboxylic acids is 1. The molecule has 0 amide bonds. The summed E-state index contributed by atoms with van der Waals surface area (Å²) in [6.07, 6.45) is 1.58. The minimum atomic E-state index is -0.997. The number of rotatable bonds is 7. The number of para-hydroxylation sites is 2. The molecule has 42 heavy (non-hydrogen) atoms. The molecule has 0 aliphatic rings. The van der Waals surface area contributed by atoms with E-state index < -0.39 is 37.8 Å². The van der Waals surface area contributed by atoms with Crippen molar-refractivity contribution in [3.05, 3.63) is 100 Å². The van der Waals surface area contributed by atoms with Crippen molar-refractivity contribution in [2.75, 3.05) is 0 Å². The van der Waals surface area contributed by atoms with Gasteiger partial charge in [0.15, 0.2) is 16.4 Å². The molecule has 0 saturated carbocycles. The molecule has 24 heteroatoms. The SMILES string of the molecule is CC(=O)O.N/C(=N/[N+](=O)[O-])N/N=C/c1ccccc1[N+](=O)[O-].NN/C(N)=N\[N+](=O)[O-].O.O=Cc1ccccc1[N+](=O)[O-].